The van der Waals surface area contributed by atoms with E-state index in [1.165, 1.54) is 6.20 Å². The first-order valence-corrected chi connectivity index (χ1v) is 5.57. The van der Waals surface area contributed by atoms with Crippen LogP contribution in [0, 0.1) is 11.8 Å². The molecule has 0 atom stereocenters. The number of rotatable bonds is 2. The normalized spacial score (nSPS) is 9.53. The summed E-state index contributed by atoms with van der Waals surface area (Å²) in [5, 5.41) is 2.65. The third-order valence-electron chi connectivity index (χ3n) is 2.32. The number of amides is 1. The number of aromatic nitrogens is 2. The predicted octanol–water partition coefficient (Wildman–Crippen LogP) is 0.265. The molecule has 0 aliphatic heterocycles. The van der Waals surface area contributed by atoms with Gasteiger partial charge in [0.2, 0.25) is 0 Å². The molecule has 2 rings (SSSR count). The maximum atomic E-state index is 11.7. The molecule has 5 N–H and O–H groups in total. The number of nitrogens with two attached hydrogens (primary N) is 1. The van der Waals surface area contributed by atoms with Crippen LogP contribution in [-0.2, 0) is 0 Å². The van der Waals surface area contributed by atoms with Crippen molar-refractivity contribution in [3.05, 3.63) is 52.2 Å². The van der Waals surface area contributed by atoms with Crippen LogP contribution in [0.2, 0.25) is 0 Å². The summed E-state index contributed by atoms with van der Waals surface area (Å²) in [6.07, 6.45) is 1.32. The number of H-pyrrole nitrogens is 2. The van der Waals surface area contributed by atoms with Gasteiger partial charge in [0.15, 0.2) is 0 Å². The minimum atomic E-state index is -0.419. The van der Waals surface area contributed by atoms with Crippen molar-refractivity contribution in [1.82, 2.24) is 9.97 Å². The van der Waals surface area contributed by atoms with Gasteiger partial charge in [-0.05, 0) is 24.3 Å². The Kier molecular flexibility index (Phi) is 3.81. The van der Waals surface area contributed by atoms with Crippen molar-refractivity contribution in [3.8, 4) is 11.8 Å². The summed E-state index contributed by atoms with van der Waals surface area (Å²) < 4.78 is 0. The van der Waals surface area contributed by atoms with E-state index in [4.69, 9.17) is 5.73 Å². The minimum absolute atomic E-state index is 0.178. The average molecular weight is 256 g/mol. The van der Waals surface area contributed by atoms with E-state index in [-0.39, 0.29) is 11.6 Å². The summed E-state index contributed by atoms with van der Waals surface area (Å²) in [6, 6.07) is 7.00. The van der Waals surface area contributed by atoms with E-state index in [0.29, 0.717) is 12.2 Å². The zero-order valence-electron chi connectivity index (χ0n) is 9.99. The van der Waals surface area contributed by atoms with Crippen LogP contribution >= 0.6 is 0 Å². The van der Waals surface area contributed by atoms with Gasteiger partial charge in [-0.1, -0.05) is 11.8 Å². The number of hydrogen-bond acceptors (Lipinski definition) is 3. The molecule has 6 heteroatoms. The maximum absolute atomic E-state index is 11.7. The van der Waals surface area contributed by atoms with Crippen molar-refractivity contribution in [1.29, 1.82) is 0 Å². The second-order valence-corrected chi connectivity index (χ2v) is 3.69. The SMILES string of the molecule is NCC#Cc1ccc(NC(=O)c2c[nH]c(=O)[nH]2)cc1. The van der Waals surface area contributed by atoms with Gasteiger partial charge < -0.3 is 21.0 Å². The molecule has 0 spiro atoms. The topological polar surface area (TPSA) is 104 Å². The Morgan fingerprint density at radius 3 is 2.63 bits per heavy atom. The van der Waals surface area contributed by atoms with E-state index >= 15 is 0 Å². The highest BCUT2D eigenvalue weighted by Gasteiger charge is 2.07. The number of imidazole rings is 1. The van der Waals surface area contributed by atoms with Gasteiger partial charge in [0.25, 0.3) is 5.91 Å². The second kappa shape index (κ2) is 5.71. The van der Waals surface area contributed by atoms with Crippen LogP contribution in [0.4, 0.5) is 5.69 Å². The number of carbonyl (C=O) groups excluding carboxylic acids is 1. The Balaban J connectivity index is 2.07. The molecule has 1 amide bonds. The Morgan fingerprint density at radius 2 is 2.05 bits per heavy atom. The molecule has 0 fully saturated rings. The lowest BCUT2D eigenvalue weighted by Gasteiger charge is -2.03. The summed E-state index contributed by atoms with van der Waals surface area (Å²) in [7, 11) is 0. The summed E-state index contributed by atoms with van der Waals surface area (Å²) in [5.74, 6) is 5.23. The first kappa shape index (κ1) is 12.7. The zero-order chi connectivity index (χ0) is 13.7. The molecule has 0 aliphatic rings. The van der Waals surface area contributed by atoms with Crippen LogP contribution in [0.25, 0.3) is 0 Å². The highest BCUT2D eigenvalue weighted by molar-refractivity contribution is 6.02. The van der Waals surface area contributed by atoms with Gasteiger partial charge in [-0.15, -0.1) is 0 Å². The molecule has 0 saturated heterocycles. The molecule has 1 heterocycles. The largest absolute Gasteiger partial charge is 0.323 e. The molecule has 0 saturated carbocycles. The lowest BCUT2D eigenvalue weighted by molar-refractivity contribution is 0.102. The molecule has 0 bridgehead atoms. The van der Waals surface area contributed by atoms with Gasteiger partial charge in [-0.3, -0.25) is 4.79 Å². The van der Waals surface area contributed by atoms with Crippen molar-refractivity contribution in [2.45, 2.75) is 0 Å². The van der Waals surface area contributed by atoms with E-state index in [1.807, 2.05) is 0 Å². The molecule has 1 aromatic heterocycles. The smallest absolute Gasteiger partial charge is 0.321 e. The molecular weight excluding hydrogens is 244 g/mol. The van der Waals surface area contributed by atoms with Gasteiger partial charge in [-0.2, -0.15) is 0 Å². The van der Waals surface area contributed by atoms with E-state index in [1.54, 1.807) is 24.3 Å². The van der Waals surface area contributed by atoms with Gasteiger partial charge in [0.1, 0.15) is 5.69 Å². The van der Waals surface area contributed by atoms with E-state index in [9.17, 15) is 9.59 Å². The fourth-order valence-corrected chi connectivity index (χ4v) is 1.44. The van der Waals surface area contributed by atoms with Crippen LogP contribution in [0.5, 0.6) is 0 Å². The van der Waals surface area contributed by atoms with Crippen molar-refractivity contribution in [2.75, 3.05) is 11.9 Å². The molecule has 96 valence electrons. The fourth-order valence-electron chi connectivity index (χ4n) is 1.44. The lowest BCUT2D eigenvalue weighted by Crippen LogP contribution is -2.13. The van der Waals surface area contributed by atoms with Crippen molar-refractivity contribution < 1.29 is 4.79 Å². The van der Waals surface area contributed by atoms with Crippen LogP contribution in [-0.4, -0.2) is 22.4 Å². The van der Waals surface area contributed by atoms with Crippen molar-refractivity contribution in [2.24, 2.45) is 5.73 Å². The van der Waals surface area contributed by atoms with E-state index in [0.717, 1.165) is 5.56 Å². The molecule has 19 heavy (non-hydrogen) atoms. The third-order valence-corrected chi connectivity index (χ3v) is 2.32. The Morgan fingerprint density at radius 1 is 1.32 bits per heavy atom. The van der Waals surface area contributed by atoms with Gasteiger partial charge in [0, 0.05) is 17.4 Å². The second-order valence-electron chi connectivity index (χ2n) is 3.69. The lowest BCUT2D eigenvalue weighted by atomic mass is 10.2. The highest BCUT2D eigenvalue weighted by atomic mass is 16.2. The van der Waals surface area contributed by atoms with E-state index < -0.39 is 5.69 Å². The number of aromatic amines is 2. The predicted molar refractivity (Wildman–Crippen MR) is 71.7 cm³/mol. The average Bonchev–Trinajstić information content (AvgIpc) is 2.85. The summed E-state index contributed by atoms with van der Waals surface area (Å²) in [5.41, 5.74) is 6.47. The molecule has 1 aromatic carbocycles. The van der Waals surface area contributed by atoms with Crippen molar-refractivity contribution in [3.63, 3.8) is 0 Å². The Bertz CT molecular complexity index is 686. The van der Waals surface area contributed by atoms with Crippen LogP contribution in [0.15, 0.2) is 35.3 Å². The standard InChI is InChI=1S/C13H12N4O2/c14-7-1-2-9-3-5-10(6-4-9)16-12(18)11-8-15-13(19)17-11/h3-6,8H,7,14H2,(H,16,18)(H2,15,17,19). The Labute approximate surface area is 109 Å². The van der Waals surface area contributed by atoms with E-state index in [2.05, 4.69) is 27.1 Å². The highest BCUT2D eigenvalue weighted by Crippen LogP contribution is 2.09. The number of benzene rings is 1. The van der Waals surface area contributed by atoms with Gasteiger partial charge in [-0.25, -0.2) is 4.79 Å². The maximum Gasteiger partial charge on any atom is 0.323 e. The first-order valence-electron chi connectivity index (χ1n) is 5.57. The molecule has 6 nitrogen and oxygen atoms in total. The minimum Gasteiger partial charge on any atom is -0.321 e. The molecular formula is C13H12N4O2. The molecule has 2 aromatic rings. The van der Waals surface area contributed by atoms with Gasteiger partial charge in [0.05, 0.1) is 6.54 Å². The zero-order valence-corrected chi connectivity index (χ0v) is 9.99. The number of carbonyl (C=O) groups is 1. The molecule has 0 aliphatic carbocycles. The fraction of sp³-hybridized carbons (Fsp3) is 0.0769. The molecule has 0 unspecified atom stereocenters. The quantitative estimate of drug-likeness (QED) is 0.579. The first-order chi connectivity index (χ1) is 9.19. The molecule has 0 radical (unpaired) electrons. The summed E-state index contributed by atoms with van der Waals surface area (Å²) >= 11 is 0. The summed E-state index contributed by atoms with van der Waals surface area (Å²) in [6.45, 7) is 0.305. The van der Waals surface area contributed by atoms with Crippen LogP contribution < -0.4 is 16.7 Å². The Hall–Kier alpha value is -2.78. The van der Waals surface area contributed by atoms with Crippen LogP contribution in [0.1, 0.15) is 16.1 Å². The number of anilines is 1. The van der Waals surface area contributed by atoms with Crippen molar-refractivity contribution >= 4 is 11.6 Å². The van der Waals surface area contributed by atoms with Gasteiger partial charge >= 0.3 is 5.69 Å². The summed E-state index contributed by atoms with van der Waals surface area (Å²) in [4.78, 5) is 27.4. The third kappa shape index (κ3) is 3.34. The van der Waals surface area contributed by atoms with Crippen LogP contribution in [0.3, 0.4) is 0 Å². The monoisotopic (exact) mass is 256 g/mol. The number of hydrogen-bond donors (Lipinski definition) is 4. The number of nitrogens with one attached hydrogen (secondary N) is 3.